The van der Waals surface area contributed by atoms with Gasteiger partial charge in [-0.25, -0.2) is 0 Å². The number of amides is 2. The molecule has 1 aliphatic rings. The standard InChI is InChI=1S/C14H27N3O2/c1-3-17(4-2)13(18)9-11-16-14(19)12-8-6-5-7-10-15-12/h12,15H,3-11H2,1-2H3,(H,16,19). The zero-order valence-electron chi connectivity index (χ0n) is 12.2. The van der Waals surface area contributed by atoms with Crippen LogP contribution in [-0.4, -0.2) is 48.9 Å². The van der Waals surface area contributed by atoms with Gasteiger partial charge in [0.15, 0.2) is 0 Å². The second-order valence-corrected chi connectivity index (χ2v) is 4.96. The molecule has 5 heteroatoms. The van der Waals surface area contributed by atoms with Crippen LogP contribution in [0.5, 0.6) is 0 Å². The lowest BCUT2D eigenvalue weighted by Gasteiger charge is -2.19. The zero-order valence-corrected chi connectivity index (χ0v) is 12.2. The molecule has 1 unspecified atom stereocenters. The maximum Gasteiger partial charge on any atom is 0.237 e. The third-order valence-corrected chi connectivity index (χ3v) is 3.63. The Balaban J connectivity index is 2.24. The van der Waals surface area contributed by atoms with Gasteiger partial charge in [-0.3, -0.25) is 9.59 Å². The highest BCUT2D eigenvalue weighted by atomic mass is 16.2. The summed E-state index contributed by atoms with van der Waals surface area (Å²) < 4.78 is 0. The summed E-state index contributed by atoms with van der Waals surface area (Å²) in [7, 11) is 0. The first kappa shape index (κ1) is 16.0. The van der Waals surface area contributed by atoms with Crippen LogP contribution in [0.1, 0.15) is 46.0 Å². The summed E-state index contributed by atoms with van der Waals surface area (Å²) in [6.07, 6.45) is 4.72. The minimum atomic E-state index is -0.0777. The quantitative estimate of drug-likeness (QED) is 0.753. The molecule has 0 spiro atoms. The van der Waals surface area contributed by atoms with Crippen molar-refractivity contribution in [2.75, 3.05) is 26.2 Å². The van der Waals surface area contributed by atoms with E-state index in [0.29, 0.717) is 13.0 Å². The van der Waals surface area contributed by atoms with E-state index >= 15 is 0 Å². The van der Waals surface area contributed by atoms with Gasteiger partial charge in [0, 0.05) is 26.1 Å². The molecule has 0 saturated carbocycles. The second-order valence-electron chi connectivity index (χ2n) is 4.96. The molecular formula is C14H27N3O2. The van der Waals surface area contributed by atoms with Crippen molar-refractivity contribution in [1.29, 1.82) is 0 Å². The molecule has 0 aromatic carbocycles. The monoisotopic (exact) mass is 269 g/mol. The summed E-state index contributed by atoms with van der Waals surface area (Å²) in [5.41, 5.74) is 0. The van der Waals surface area contributed by atoms with Crippen LogP contribution in [0.25, 0.3) is 0 Å². The molecule has 0 aromatic rings. The molecule has 1 rings (SSSR count). The fourth-order valence-electron chi connectivity index (χ4n) is 2.40. The topological polar surface area (TPSA) is 61.4 Å². The molecule has 2 amide bonds. The van der Waals surface area contributed by atoms with Crippen LogP contribution >= 0.6 is 0 Å². The lowest BCUT2D eigenvalue weighted by atomic mass is 10.1. The summed E-state index contributed by atoms with van der Waals surface area (Å²) in [6.45, 7) is 6.74. The van der Waals surface area contributed by atoms with Gasteiger partial charge in [0.25, 0.3) is 0 Å². The normalized spacial score (nSPS) is 19.6. The number of rotatable bonds is 6. The Morgan fingerprint density at radius 1 is 1.21 bits per heavy atom. The molecule has 1 atom stereocenters. The number of nitrogens with one attached hydrogen (secondary N) is 2. The van der Waals surface area contributed by atoms with Crippen molar-refractivity contribution in [3.63, 3.8) is 0 Å². The van der Waals surface area contributed by atoms with E-state index in [4.69, 9.17) is 0 Å². The number of nitrogens with zero attached hydrogens (tertiary/aromatic N) is 1. The maximum atomic E-state index is 11.9. The summed E-state index contributed by atoms with van der Waals surface area (Å²) >= 11 is 0. The van der Waals surface area contributed by atoms with E-state index in [0.717, 1.165) is 38.9 Å². The third-order valence-electron chi connectivity index (χ3n) is 3.63. The molecule has 19 heavy (non-hydrogen) atoms. The van der Waals surface area contributed by atoms with Gasteiger partial charge in [0.1, 0.15) is 0 Å². The highest BCUT2D eigenvalue weighted by molar-refractivity contribution is 5.82. The van der Waals surface area contributed by atoms with Gasteiger partial charge in [0.05, 0.1) is 6.04 Å². The highest BCUT2D eigenvalue weighted by Gasteiger charge is 2.19. The van der Waals surface area contributed by atoms with Crippen molar-refractivity contribution in [1.82, 2.24) is 15.5 Å². The minimum absolute atomic E-state index is 0.0363. The molecule has 1 aliphatic heterocycles. The van der Waals surface area contributed by atoms with Crippen molar-refractivity contribution in [3.8, 4) is 0 Å². The highest BCUT2D eigenvalue weighted by Crippen LogP contribution is 2.08. The first-order valence-corrected chi connectivity index (χ1v) is 7.47. The van der Waals surface area contributed by atoms with Crippen molar-refractivity contribution >= 4 is 11.8 Å². The Bertz CT molecular complexity index is 282. The predicted molar refractivity (Wildman–Crippen MR) is 75.8 cm³/mol. The van der Waals surface area contributed by atoms with Crippen LogP contribution in [0.4, 0.5) is 0 Å². The van der Waals surface area contributed by atoms with E-state index < -0.39 is 0 Å². The number of hydrogen-bond acceptors (Lipinski definition) is 3. The molecule has 1 saturated heterocycles. The molecule has 1 heterocycles. The van der Waals surface area contributed by atoms with E-state index in [2.05, 4.69) is 10.6 Å². The molecule has 0 bridgehead atoms. The van der Waals surface area contributed by atoms with Crippen molar-refractivity contribution in [3.05, 3.63) is 0 Å². The van der Waals surface area contributed by atoms with Crippen molar-refractivity contribution in [2.45, 2.75) is 52.0 Å². The van der Waals surface area contributed by atoms with E-state index in [1.54, 1.807) is 4.90 Å². The number of carbonyl (C=O) groups is 2. The fourth-order valence-corrected chi connectivity index (χ4v) is 2.40. The Hall–Kier alpha value is -1.10. The third kappa shape index (κ3) is 5.59. The van der Waals surface area contributed by atoms with Crippen LogP contribution in [0.15, 0.2) is 0 Å². The van der Waals surface area contributed by atoms with Crippen LogP contribution in [0.3, 0.4) is 0 Å². The van der Waals surface area contributed by atoms with Crippen LogP contribution in [0, 0.1) is 0 Å². The number of carbonyl (C=O) groups excluding carboxylic acids is 2. The summed E-state index contributed by atoms with van der Waals surface area (Å²) in [5.74, 6) is 0.147. The van der Waals surface area contributed by atoms with Crippen LogP contribution in [-0.2, 0) is 9.59 Å². The average Bonchev–Trinajstić information content (AvgIpc) is 2.69. The lowest BCUT2D eigenvalue weighted by Crippen LogP contribution is -2.44. The molecule has 1 fully saturated rings. The fraction of sp³-hybridized carbons (Fsp3) is 0.857. The van der Waals surface area contributed by atoms with Gasteiger partial charge in [-0.05, 0) is 33.2 Å². The second kappa shape index (κ2) is 8.91. The molecule has 0 aromatic heterocycles. The molecule has 0 aliphatic carbocycles. The molecule has 0 radical (unpaired) electrons. The van der Waals surface area contributed by atoms with Crippen molar-refractivity contribution < 1.29 is 9.59 Å². The Labute approximate surface area is 116 Å². The van der Waals surface area contributed by atoms with Gasteiger partial charge < -0.3 is 15.5 Å². The average molecular weight is 269 g/mol. The largest absolute Gasteiger partial charge is 0.354 e. The molecule has 110 valence electrons. The SMILES string of the molecule is CCN(CC)C(=O)CCNC(=O)C1CCCCCN1. The van der Waals surface area contributed by atoms with Gasteiger partial charge in [-0.1, -0.05) is 12.8 Å². The summed E-state index contributed by atoms with van der Waals surface area (Å²) in [4.78, 5) is 25.5. The van der Waals surface area contributed by atoms with Gasteiger partial charge >= 0.3 is 0 Å². The lowest BCUT2D eigenvalue weighted by molar-refractivity contribution is -0.130. The van der Waals surface area contributed by atoms with Gasteiger partial charge in [-0.15, -0.1) is 0 Å². The van der Waals surface area contributed by atoms with Gasteiger partial charge in [0.2, 0.25) is 11.8 Å². The smallest absolute Gasteiger partial charge is 0.237 e. The first-order chi connectivity index (χ1) is 9.19. The molecule has 2 N–H and O–H groups in total. The van der Waals surface area contributed by atoms with Gasteiger partial charge in [-0.2, -0.15) is 0 Å². The summed E-state index contributed by atoms with van der Waals surface area (Å²) in [5, 5.41) is 6.12. The Morgan fingerprint density at radius 2 is 1.95 bits per heavy atom. The Kier molecular flexibility index (Phi) is 7.48. The van der Waals surface area contributed by atoms with E-state index in [1.807, 2.05) is 13.8 Å². The predicted octanol–water partition coefficient (Wildman–Crippen LogP) is 0.893. The van der Waals surface area contributed by atoms with Crippen LogP contribution in [0.2, 0.25) is 0 Å². The van der Waals surface area contributed by atoms with E-state index in [-0.39, 0.29) is 17.9 Å². The molecule has 5 nitrogen and oxygen atoms in total. The maximum absolute atomic E-state index is 11.9. The van der Waals surface area contributed by atoms with Crippen molar-refractivity contribution in [2.24, 2.45) is 0 Å². The van der Waals surface area contributed by atoms with E-state index in [1.165, 1.54) is 6.42 Å². The minimum Gasteiger partial charge on any atom is -0.354 e. The summed E-state index contributed by atoms with van der Waals surface area (Å²) in [6, 6.07) is -0.0777. The number of hydrogen-bond donors (Lipinski definition) is 2. The van der Waals surface area contributed by atoms with Crippen LogP contribution < -0.4 is 10.6 Å². The molecular weight excluding hydrogens is 242 g/mol. The van der Waals surface area contributed by atoms with E-state index in [9.17, 15) is 9.59 Å². The zero-order chi connectivity index (χ0) is 14.1. The first-order valence-electron chi connectivity index (χ1n) is 7.47. The Morgan fingerprint density at radius 3 is 2.63 bits per heavy atom.